The number of likely N-dealkylation sites (tertiary alicyclic amines) is 1. The van der Waals surface area contributed by atoms with Gasteiger partial charge in [-0.15, -0.1) is 0 Å². The first-order valence-corrected chi connectivity index (χ1v) is 8.65. The molecule has 0 aliphatic carbocycles. The standard InChI is InChI=1S/C16H22IN3O2/c1-19(10-11-20-8-4-5-9-20)15(21)12-18-16(22)13-6-2-3-7-14(13)17/h2-3,6-7H,4-5,8-12H2,1H3,(H,18,22). The highest BCUT2D eigenvalue weighted by molar-refractivity contribution is 14.1. The molecule has 6 heteroatoms. The van der Waals surface area contributed by atoms with Crippen LogP contribution in [0.1, 0.15) is 23.2 Å². The summed E-state index contributed by atoms with van der Waals surface area (Å²) in [5.74, 6) is -0.259. The number of likely N-dealkylation sites (N-methyl/N-ethyl adjacent to an activating group) is 1. The number of benzene rings is 1. The summed E-state index contributed by atoms with van der Waals surface area (Å²) in [6, 6.07) is 7.34. The number of nitrogens with zero attached hydrogens (tertiary/aromatic N) is 2. The van der Waals surface area contributed by atoms with Crippen LogP contribution in [0, 0.1) is 3.57 Å². The van der Waals surface area contributed by atoms with Gasteiger partial charge in [0.15, 0.2) is 0 Å². The molecular formula is C16H22IN3O2. The molecule has 22 heavy (non-hydrogen) atoms. The maximum Gasteiger partial charge on any atom is 0.252 e. The Balaban J connectivity index is 1.74. The third-order valence-electron chi connectivity index (χ3n) is 3.89. The predicted molar refractivity (Wildman–Crippen MR) is 94.8 cm³/mol. The molecule has 0 saturated carbocycles. The molecule has 0 spiro atoms. The van der Waals surface area contributed by atoms with E-state index in [1.54, 1.807) is 18.0 Å². The van der Waals surface area contributed by atoms with E-state index < -0.39 is 0 Å². The zero-order chi connectivity index (χ0) is 15.9. The number of hydrogen-bond acceptors (Lipinski definition) is 3. The van der Waals surface area contributed by atoms with Crippen LogP contribution >= 0.6 is 22.6 Å². The summed E-state index contributed by atoms with van der Waals surface area (Å²) in [5.41, 5.74) is 0.607. The van der Waals surface area contributed by atoms with Gasteiger partial charge in [0.25, 0.3) is 5.91 Å². The molecule has 1 aromatic rings. The first-order chi connectivity index (χ1) is 10.6. The van der Waals surface area contributed by atoms with Crippen LogP contribution in [-0.2, 0) is 4.79 Å². The first kappa shape index (κ1) is 17.2. The summed E-state index contributed by atoms with van der Waals surface area (Å²) in [7, 11) is 1.79. The normalized spacial score (nSPS) is 14.8. The minimum Gasteiger partial charge on any atom is -0.343 e. The average molecular weight is 415 g/mol. The average Bonchev–Trinajstić information content (AvgIpc) is 3.03. The van der Waals surface area contributed by atoms with Crippen LogP contribution in [0.4, 0.5) is 0 Å². The van der Waals surface area contributed by atoms with E-state index >= 15 is 0 Å². The smallest absolute Gasteiger partial charge is 0.252 e. The van der Waals surface area contributed by atoms with Gasteiger partial charge in [-0.3, -0.25) is 9.59 Å². The molecular weight excluding hydrogens is 393 g/mol. The van der Waals surface area contributed by atoms with Gasteiger partial charge < -0.3 is 15.1 Å². The highest BCUT2D eigenvalue weighted by Gasteiger charge is 2.15. The van der Waals surface area contributed by atoms with Crippen molar-refractivity contribution in [2.45, 2.75) is 12.8 Å². The number of amides is 2. The fourth-order valence-electron chi connectivity index (χ4n) is 2.45. The van der Waals surface area contributed by atoms with E-state index in [0.29, 0.717) is 12.1 Å². The van der Waals surface area contributed by atoms with Crippen LogP contribution < -0.4 is 5.32 Å². The van der Waals surface area contributed by atoms with Crippen molar-refractivity contribution in [1.82, 2.24) is 15.1 Å². The first-order valence-electron chi connectivity index (χ1n) is 7.57. The molecule has 0 bridgehead atoms. The van der Waals surface area contributed by atoms with Crippen LogP contribution in [-0.4, -0.2) is 61.4 Å². The molecule has 0 aromatic heterocycles. The third-order valence-corrected chi connectivity index (χ3v) is 4.84. The molecule has 1 saturated heterocycles. The number of hydrogen-bond donors (Lipinski definition) is 1. The predicted octanol–water partition coefficient (Wildman–Crippen LogP) is 1.58. The van der Waals surface area contributed by atoms with Crippen molar-refractivity contribution in [3.05, 3.63) is 33.4 Å². The minimum atomic E-state index is -0.203. The molecule has 1 fully saturated rings. The van der Waals surface area contributed by atoms with Crippen molar-refractivity contribution in [2.24, 2.45) is 0 Å². The van der Waals surface area contributed by atoms with Crippen LogP contribution in [0.5, 0.6) is 0 Å². The lowest BCUT2D eigenvalue weighted by molar-refractivity contribution is -0.128. The quantitative estimate of drug-likeness (QED) is 0.718. The lowest BCUT2D eigenvalue weighted by Crippen LogP contribution is -2.41. The molecule has 0 unspecified atom stereocenters. The van der Waals surface area contributed by atoms with Crippen LogP contribution in [0.25, 0.3) is 0 Å². The highest BCUT2D eigenvalue weighted by atomic mass is 127. The molecule has 2 rings (SSSR count). The van der Waals surface area contributed by atoms with Crippen molar-refractivity contribution in [3.63, 3.8) is 0 Å². The summed E-state index contributed by atoms with van der Waals surface area (Å²) < 4.78 is 0.882. The number of carbonyl (C=O) groups is 2. The lowest BCUT2D eigenvalue weighted by Gasteiger charge is -2.21. The summed E-state index contributed by atoms with van der Waals surface area (Å²) in [4.78, 5) is 28.2. The fourth-order valence-corrected chi connectivity index (χ4v) is 3.09. The molecule has 1 aliphatic rings. The topological polar surface area (TPSA) is 52.6 Å². The van der Waals surface area contributed by atoms with Crippen LogP contribution in [0.2, 0.25) is 0 Å². The Bertz CT molecular complexity index is 530. The molecule has 1 aliphatic heterocycles. The van der Waals surface area contributed by atoms with Crippen molar-refractivity contribution in [3.8, 4) is 0 Å². The number of halogens is 1. The highest BCUT2D eigenvalue weighted by Crippen LogP contribution is 2.11. The lowest BCUT2D eigenvalue weighted by atomic mass is 10.2. The van der Waals surface area contributed by atoms with Crippen molar-refractivity contribution in [1.29, 1.82) is 0 Å². The molecule has 1 heterocycles. The zero-order valence-corrected chi connectivity index (χ0v) is 15.0. The minimum absolute atomic E-state index is 0.0420. The Hall–Kier alpha value is -1.15. The van der Waals surface area contributed by atoms with Crippen molar-refractivity contribution in [2.75, 3.05) is 39.8 Å². The Morgan fingerprint density at radius 1 is 1.27 bits per heavy atom. The van der Waals surface area contributed by atoms with E-state index in [0.717, 1.165) is 23.2 Å². The van der Waals surface area contributed by atoms with E-state index in [1.807, 2.05) is 18.2 Å². The maximum absolute atomic E-state index is 12.1. The van der Waals surface area contributed by atoms with Gasteiger partial charge in [-0.05, 0) is 60.7 Å². The number of carbonyl (C=O) groups excluding carboxylic acids is 2. The summed E-state index contributed by atoms with van der Waals surface area (Å²) >= 11 is 2.12. The van der Waals surface area contributed by atoms with Gasteiger partial charge in [0, 0.05) is 23.7 Å². The Labute approximate surface area is 145 Å². The summed E-state index contributed by atoms with van der Waals surface area (Å²) in [6.07, 6.45) is 2.51. The zero-order valence-electron chi connectivity index (χ0n) is 12.8. The molecule has 1 aromatic carbocycles. The fraction of sp³-hybridized carbons (Fsp3) is 0.500. The summed E-state index contributed by atoms with van der Waals surface area (Å²) in [6.45, 7) is 3.92. The Morgan fingerprint density at radius 2 is 1.95 bits per heavy atom. The Kier molecular flexibility index (Phi) is 6.63. The molecule has 0 radical (unpaired) electrons. The molecule has 1 N–H and O–H groups in total. The van der Waals surface area contributed by atoms with E-state index in [-0.39, 0.29) is 18.4 Å². The molecule has 2 amide bonds. The SMILES string of the molecule is CN(CCN1CCCC1)C(=O)CNC(=O)c1ccccc1I. The number of rotatable bonds is 6. The second-order valence-electron chi connectivity index (χ2n) is 5.53. The third kappa shape index (κ3) is 4.95. The van der Waals surface area contributed by atoms with Gasteiger partial charge in [0.05, 0.1) is 12.1 Å². The van der Waals surface area contributed by atoms with Crippen LogP contribution in [0.3, 0.4) is 0 Å². The second-order valence-corrected chi connectivity index (χ2v) is 6.69. The molecule has 120 valence electrons. The van der Waals surface area contributed by atoms with Gasteiger partial charge in [-0.25, -0.2) is 0 Å². The largest absolute Gasteiger partial charge is 0.343 e. The van der Waals surface area contributed by atoms with E-state index in [4.69, 9.17) is 0 Å². The Morgan fingerprint density at radius 3 is 2.64 bits per heavy atom. The van der Waals surface area contributed by atoms with Gasteiger partial charge in [-0.1, -0.05) is 12.1 Å². The van der Waals surface area contributed by atoms with Gasteiger partial charge >= 0.3 is 0 Å². The number of nitrogens with one attached hydrogen (secondary N) is 1. The summed E-state index contributed by atoms with van der Waals surface area (Å²) in [5, 5.41) is 2.70. The van der Waals surface area contributed by atoms with E-state index in [1.165, 1.54) is 12.8 Å². The van der Waals surface area contributed by atoms with E-state index in [2.05, 4.69) is 32.8 Å². The van der Waals surface area contributed by atoms with Gasteiger partial charge in [-0.2, -0.15) is 0 Å². The van der Waals surface area contributed by atoms with Gasteiger partial charge in [0.1, 0.15) is 0 Å². The monoisotopic (exact) mass is 415 g/mol. The van der Waals surface area contributed by atoms with Crippen molar-refractivity contribution >= 4 is 34.4 Å². The van der Waals surface area contributed by atoms with Gasteiger partial charge in [0.2, 0.25) is 5.91 Å². The maximum atomic E-state index is 12.1. The van der Waals surface area contributed by atoms with Crippen molar-refractivity contribution < 1.29 is 9.59 Å². The molecule has 5 nitrogen and oxygen atoms in total. The van der Waals surface area contributed by atoms with Crippen LogP contribution in [0.15, 0.2) is 24.3 Å². The second kappa shape index (κ2) is 8.47. The van der Waals surface area contributed by atoms with E-state index in [9.17, 15) is 9.59 Å². The molecule has 0 atom stereocenters.